The van der Waals surface area contributed by atoms with Gasteiger partial charge in [0.2, 0.25) is 5.96 Å². The van der Waals surface area contributed by atoms with Crippen molar-refractivity contribution in [2.75, 3.05) is 5.32 Å². The SMILES string of the molecule is NC1(Cc2ccc3[nH]ccc3c2)C=CNC(Nc2ccc3[nH]ncc3c2)=N1. The van der Waals surface area contributed by atoms with E-state index in [0.29, 0.717) is 12.4 Å². The van der Waals surface area contributed by atoms with Crippen LogP contribution in [0.15, 0.2) is 72.1 Å². The normalized spacial score (nSPS) is 19.2. The van der Waals surface area contributed by atoms with E-state index in [1.807, 2.05) is 36.7 Å². The zero-order valence-corrected chi connectivity index (χ0v) is 14.5. The van der Waals surface area contributed by atoms with E-state index in [9.17, 15) is 0 Å². The van der Waals surface area contributed by atoms with E-state index >= 15 is 0 Å². The molecule has 27 heavy (non-hydrogen) atoms. The Morgan fingerprint density at radius 3 is 2.93 bits per heavy atom. The van der Waals surface area contributed by atoms with Gasteiger partial charge in [0.15, 0.2) is 0 Å². The molecule has 2 aromatic heterocycles. The molecule has 7 heteroatoms. The second-order valence-electron chi connectivity index (χ2n) is 6.80. The fourth-order valence-corrected chi connectivity index (χ4v) is 3.40. The van der Waals surface area contributed by atoms with E-state index in [1.165, 1.54) is 5.39 Å². The molecule has 134 valence electrons. The van der Waals surface area contributed by atoms with Gasteiger partial charge in [-0.3, -0.25) is 5.10 Å². The van der Waals surface area contributed by atoms with Crippen molar-refractivity contribution < 1.29 is 0 Å². The highest BCUT2D eigenvalue weighted by molar-refractivity contribution is 5.97. The molecule has 1 atom stereocenters. The standard InChI is InChI=1S/C20H19N7/c21-20(11-13-1-3-17-14(9-13)5-7-22-17)6-8-23-19(26-20)25-16-2-4-18-15(10-16)12-24-27-18/h1-10,12,22H,11,21H2,(H,24,27)(H2,23,25,26). The number of hydrogen-bond donors (Lipinski definition) is 5. The molecule has 1 aliphatic heterocycles. The molecule has 7 nitrogen and oxygen atoms in total. The van der Waals surface area contributed by atoms with Crippen molar-refractivity contribution in [3.05, 3.63) is 72.7 Å². The minimum Gasteiger partial charge on any atom is -0.361 e. The van der Waals surface area contributed by atoms with Crippen molar-refractivity contribution in [1.82, 2.24) is 20.5 Å². The first-order valence-corrected chi connectivity index (χ1v) is 8.76. The molecule has 0 saturated heterocycles. The zero-order chi connectivity index (χ0) is 18.3. The topological polar surface area (TPSA) is 107 Å². The summed E-state index contributed by atoms with van der Waals surface area (Å²) in [5, 5.41) is 15.6. The third-order valence-corrected chi connectivity index (χ3v) is 4.72. The highest BCUT2D eigenvalue weighted by Gasteiger charge is 2.25. The number of rotatable bonds is 3. The number of fused-ring (bicyclic) bond motifs is 2. The van der Waals surface area contributed by atoms with E-state index in [2.05, 4.69) is 50.1 Å². The smallest absolute Gasteiger partial charge is 0.202 e. The maximum Gasteiger partial charge on any atom is 0.202 e. The number of nitrogens with zero attached hydrogens (tertiary/aromatic N) is 2. The fraction of sp³-hybridized carbons (Fsp3) is 0.100. The van der Waals surface area contributed by atoms with Crippen molar-refractivity contribution >= 4 is 33.5 Å². The highest BCUT2D eigenvalue weighted by atomic mass is 15.2. The maximum atomic E-state index is 6.55. The second kappa shape index (κ2) is 6.00. The van der Waals surface area contributed by atoms with Crippen LogP contribution >= 0.6 is 0 Å². The number of aliphatic imine (C=N–C) groups is 1. The van der Waals surface area contributed by atoms with E-state index in [0.717, 1.165) is 27.7 Å². The minimum atomic E-state index is -0.808. The van der Waals surface area contributed by atoms with Gasteiger partial charge in [-0.1, -0.05) is 6.07 Å². The number of nitrogens with one attached hydrogen (secondary N) is 4. The molecule has 2 aromatic carbocycles. The molecule has 6 N–H and O–H groups in total. The van der Waals surface area contributed by atoms with Crippen molar-refractivity contribution in [1.29, 1.82) is 0 Å². The zero-order valence-electron chi connectivity index (χ0n) is 14.5. The number of benzene rings is 2. The summed E-state index contributed by atoms with van der Waals surface area (Å²) in [7, 11) is 0. The lowest BCUT2D eigenvalue weighted by Crippen LogP contribution is -2.45. The molecule has 0 aliphatic carbocycles. The van der Waals surface area contributed by atoms with Crippen LogP contribution < -0.4 is 16.4 Å². The van der Waals surface area contributed by atoms with Crippen LogP contribution in [-0.2, 0) is 6.42 Å². The summed E-state index contributed by atoms with van der Waals surface area (Å²) in [6, 6.07) is 14.3. The van der Waals surface area contributed by atoms with Gasteiger partial charge in [-0.15, -0.1) is 0 Å². The summed E-state index contributed by atoms with van der Waals surface area (Å²) in [6.07, 6.45) is 8.06. The van der Waals surface area contributed by atoms with Crippen LogP contribution in [0, 0.1) is 0 Å². The summed E-state index contributed by atoms with van der Waals surface area (Å²) in [5.41, 5.74) is 9.91. The first-order valence-electron chi connectivity index (χ1n) is 8.76. The number of H-pyrrole nitrogens is 2. The number of guanidine groups is 1. The van der Waals surface area contributed by atoms with Gasteiger partial charge in [-0.2, -0.15) is 5.10 Å². The molecule has 0 spiro atoms. The quantitative estimate of drug-likeness (QED) is 0.389. The van der Waals surface area contributed by atoms with Gasteiger partial charge >= 0.3 is 0 Å². The third-order valence-electron chi connectivity index (χ3n) is 4.72. The number of anilines is 1. The Balaban J connectivity index is 1.39. The lowest BCUT2D eigenvalue weighted by molar-refractivity contribution is 0.543. The van der Waals surface area contributed by atoms with Crippen molar-refractivity contribution in [3.8, 4) is 0 Å². The van der Waals surface area contributed by atoms with E-state index < -0.39 is 5.66 Å². The molecule has 0 bridgehead atoms. The molecule has 0 radical (unpaired) electrons. The summed E-state index contributed by atoms with van der Waals surface area (Å²) >= 11 is 0. The van der Waals surface area contributed by atoms with Gasteiger partial charge in [0.25, 0.3) is 0 Å². The van der Waals surface area contributed by atoms with Crippen LogP contribution in [0.1, 0.15) is 5.56 Å². The van der Waals surface area contributed by atoms with Gasteiger partial charge < -0.3 is 21.4 Å². The molecule has 3 heterocycles. The van der Waals surface area contributed by atoms with Gasteiger partial charge in [0.1, 0.15) is 5.66 Å². The average Bonchev–Trinajstić information content (AvgIpc) is 3.29. The molecule has 5 rings (SSSR count). The molecular weight excluding hydrogens is 338 g/mol. The Morgan fingerprint density at radius 1 is 1.04 bits per heavy atom. The monoisotopic (exact) mass is 357 g/mol. The van der Waals surface area contributed by atoms with Crippen LogP contribution in [0.4, 0.5) is 5.69 Å². The Bertz CT molecular complexity index is 1180. The van der Waals surface area contributed by atoms with E-state index in [-0.39, 0.29) is 0 Å². The molecule has 0 saturated carbocycles. The second-order valence-corrected chi connectivity index (χ2v) is 6.80. The molecule has 0 amide bonds. The number of aromatic amines is 2. The Hall–Kier alpha value is -3.58. The first kappa shape index (κ1) is 15.7. The average molecular weight is 357 g/mol. The fourth-order valence-electron chi connectivity index (χ4n) is 3.40. The minimum absolute atomic E-state index is 0.609. The van der Waals surface area contributed by atoms with Crippen LogP contribution in [-0.4, -0.2) is 26.8 Å². The van der Waals surface area contributed by atoms with Crippen LogP contribution in [0.2, 0.25) is 0 Å². The molecular formula is C20H19N7. The van der Waals surface area contributed by atoms with E-state index in [4.69, 9.17) is 10.7 Å². The van der Waals surface area contributed by atoms with Gasteiger partial charge in [-0.05, 0) is 53.4 Å². The van der Waals surface area contributed by atoms with Crippen LogP contribution in [0.25, 0.3) is 21.8 Å². The number of nitrogens with two attached hydrogens (primary N) is 1. The van der Waals surface area contributed by atoms with Gasteiger partial charge in [0.05, 0.1) is 11.7 Å². The predicted molar refractivity (Wildman–Crippen MR) is 108 cm³/mol. The lowest BCUT2D eigenvalue weighted by Gasteiger charge is -2.27. The van der Waals surface area contributed by atoms with Crippen molar-refractivity contribution in [2.45, 2.75) is 12.1 Å². The molecule has 0 fully saturated rings. The lowest BCUT2D eigenvalue weighted by atomic mass is 9.99. The largest absolute Gasteiger partial charge is 0.361 e. The van der Waals surface area contributed by atoms with Gasteiger partial charge in [-0.25, -0.2) is 4.99 Å². The predicted octanol–water partition coefficient (Wildman–Crippen LogP) is 2.83. The van der Waals surface area contributed by atoms with Crippen LogP contribution in [0.5, 0.6) is 0 Å². The molecule has 1 aliphatic rings. The summed E-state index contributed by atoms with van der Waals surface area (Å²) < 4.78 is 0. The van der Waals surface area contributed by atoms with E-state index in [1.54, 1.807) is 6.20 Å². The van der Waals surface area contributed by atoms with Crippen LogP contribution in [0.3, 0.4) is 0 Å². The summed E-state index contributed by atoms with van der Waals surface area (Å²) in [6.45, 7) is 0. The van der Waals surface area contributed by atoms with Crippen molar-refractivity contribution in [2.24, 2.45) is 10.7 Å². The summed E-state index contributed by atoms with van der Waals surface area (Å²) in [4.78, 5) is 7.90. The Labute approximate surface area is 155 Å². The highest BCUT2D eigenvalue weighted by Crippen LogP contribution is 2.22. The van der Waals surface area contributed by atoms with Crippen molar-refractivity contribution in [3.63, 3.8) is 0 Å². The number of hydrogen-bond acceptors (Lipinski definition) is 5. The Kier molecular flexibility index (Phi) is 3.48. The Morgan fingerprint density at radius 2 is 1.96 bits per heavy atom. The third kappa shape index (κ3) is 3.04. The maximum absolute atomic E-state index is 6.55. The van der Waals surface area contributed by atoms with Gasteiger partial charge in [0, 0.05) is 35.4 Å². The molecule has 4 aromatic rings. The summed E-state index contributed by atoms with van der Waals surface area (Å²) in [5.74, 6) is 0.616. The number of aromatic nitrogens is 3. The molecule has 1 unspecified atom stereocenters. The first-order chi connectivity index (χ1) is 13.2.